The molecule has 1 fully saturated rings. The molecule has 8 heteroatoms. The van der Waals surface area contributed by atoms with Crippen LogP contribution in [0.1, 0.15) is 32.6 Å². The van der Waals surface area contributed by atoms with Crippen LogP contribution in [0.2, 0.25) is 4.44 Å². The number of rotatable bonds is 5. The third-order valence-electron chi connectivity index (χ3n) is 3.28. The van der Waals surface area contributed by atoms with E-state index in [2.05, 4.69) is 33.6 Å². The zero-order valence-corrected chi connectivity index (χ0v) is 18.4. The Morgan fingerprint density at radius 1 is 1.39 bits per heavy atom. The monoisotopic (exact) mass is 488 g/mol. The van der Waals surface area contributed by atoms with Crippen LogP contribution in [0.15, 0.2) is 23.9 Å². The van der Waals surface area contributed by atoms with Gasteiger partial charge in [-0.3, -0.25) is 0 Å². The standard InChI is InChI=1S/C10H14N2.C5H9O2.3ClH.Sn/c1-3-7-11-9(5-1)10-6-2-4-8-12-10;1-3-5(6)7-4-2;;;;/h1,3,5,10H,2,4,6-8H2;1,3-4H2,2H3;3*1H;/q-2;;;;;+3/p-3. The number of hydrogen-bond donors (Lipinski definition) is 0. The van der Waals surface area contributed by atoms with Crippen LogP contribution in [0.4, 0.5) is 0 Å². The van der Waals surface area contributed by atoms with Crippen molar-refractivity contribution >= 4 is 47.7 Å². The minimum atomic E-state index is -3.29. The van der Waals surface area contributed by atoms with Gasteiger partial charge >= 0.3 is 81.6 Å². The van der Waals surface area contributed by atoms with Crippen LogP contribution in [0.25, 0.3) is 10.6 Å². The SMILES string of the molecule is C1=CC[N-]C(C2CCCC[N-]2)=C1.CCOC(=O)C[CH2][Sn]([Cl])([Cl])[Cl]. The molecule has 2 aliphatic rings. The van der Waals surface area contributed by atoms with Gasteiger partial charge in [0.2, 0.25) is 0 Å². The van der Waals surface area contributed by atoms with E-state index in [-0.39, 0.29) is 12.4 Å². The molecule has 0 radical (unpaired) electrons. The second-order valence-corrected chi connectivity index (χ2v) is 27.0. The van der Waals surface area contributed by atoms with E-state index < -0.39 is 15.0 Å². The van der Waals surface area contributed by atoms with Gasteiger partial charge in [-0.25, -0.2) is 0 Å². The van der Waals surface area contributed by atoms with Gasteiger partial charge in [0.15, 0.2) is 0 Å². The molecule has 0 saturated carbocycles. The molecule has 4 nitrogen and oxygen atoms in total. The molecule has 132 valence electrons. The molecule has 1 atom stereocenters. The molecule has 0 spiro atoms. The van der Waals surface area contributed by atoms with Gasteiger partial charge in [-0.1, -0.05) is 31.4 Å². The van der Waals surface area contributed by atoms with Gasteiger partial charge in [0.25, 0.3) is 0 Å². The third kappa shape index (κ3) is 10.8. The molecule has 0 aromatic rings. The Morgan fingerprint density at radius 2 is 2.17 bits per heavy atom. The Kier molecular flexibility index (Phi) is 11.0. The summed E-state index contributed by atoms with van der Waals surface area (Å²) in [5.74, 6) is -0.282. The van der Waals surface area contributed by atoms with Crippen molar-refractivity contribution in [3.8, 4) is 0 Å². The summed E-state index contributed by atoms with van der Waals surface area (Å²) in [6.45, 7) is 4.00. The fraction of sp³-hybridized carbons (Fsp3) is 0.667. The molecule has 1 saturated heterocycles. The van der Waals surface area contributed by atoms with Crippen LogP contribution >= 0.6 is 26.8 Å². The molecule has 2 rings (SSSR count). The molecular weight excluding hydrogens is 465 g/mol. The van der Waals surface area contributed by atoms with Crippen LogP contribution in [0, 0.1) is 0 Å². The third-order valence-corrected chi connectivity index (χ3v) is 9.41. The fourth-order valence-corrected chi connectivity index (χ4v) is 5.45. The second-order valence-electron chi connectivity index (χ2n) is 5.20. The van der Waals surface area contributed by atoms with Crippen molar-refractivity contribution in [3.63, 3.8) is 0 Å². The maximum atomic E-state index is 10.7. The molecule has 23 heavy (non-hydrogen) atoms. The maximum absolute atomic E-state index is 10.7. The van der Waals surface area contributed by atoms with E-state index in [9.17, 15) is 4.79 Å². The summed E-state index contributed by atoms with van der Waals surface area (Å²) in [7, 11) is 16.8. The molecule has 0 N–H and O–H groups in total. The molecule has 0 amide bonds. The summed E-state index contributed by atoms with van der Waals surface area (Å²) in [5, 5.41) is 8.99. The predicted molar refractivity (Wildman–Crippen MR) is 101 cm³/mol. The van der Waals surface area contributed by atoms with E-state index in [1.165, 1.54) is 25.0 Å². The van der Waals surface area contributed by atoms with E-state index >= 15 is 0 Å². The van der Waals surface area contributed by atoms with Crippen molar-refractivity contribution < 1.29 is 9.53 Å². The fourth-order valence-electron chi connectivity index (χ4n) is 2.16. The van der Waals surface area contributed by atoms with Gasteiger partial charge in [0, 0.05) is 0 Å². The Hall–Kier alpha value is 0.379. The van der Waals surface area contributed by atoms with Crippen LogP contribution in [-0.4, -0.2) is 46.7 Å². The molecule has 1 unspecified atom stereocenters. The van der Waals surface area contributed by atoms with Gasteiger partial charge in [0.05, 0.1) is 0 Å². The average Bonchev–Trinajstić information content (AvgIpc) is 2.55. The molecular formula is C15H23Cl3N2O2Sn-2. The summed E-state index contributed by atoms with van der Waals surface area (Å²) in [4.78, 5) is 10.7. The first-order valence-corrected chi connectivity index (χ1v) is 20.7. The van der Waals surface area contributed by atoms with Gasteiger partial charge < -0.3 is 10.6 Å². The Balaban J connectivity index is 0.000000232. The summed E-state index contributed by atoms with van der Waals surface area (Å²) in [6, 6.07) is 0.406. The van der Waals surface area contributed by atoms with Crippen molar-refractivity contribution in [2.75, 3.05) is 19.7 Å². The summed E-state index contributed by atoms with van der Waals surface area (Å²) in [5.41, 5.74) is 1.19. The van der Waals surface area contributed by atoms with Gasteiger partial charge in [0.1, 0.15) is 0 Å². The van der Waals surface area contributed by atoms with E-state index in [4.69, 9.17) is 26.8 Å². The molecule has 0 aliphatic carbocycles. The van der Waals surface area contributed by atoms with Crippen LogP contribution < -0.4 is 0 Å². The first-order valence-electron chi connectivity index (χ1n) is 7.85. The average molecular weight is 488 g/mol. The van der Waals surface area contributed by atoms with Gasteiger partial charge in [-0.15, -0.1) is 25.2 Å². The number of piperidine rings is 1. The zero-order valence-electron chi connectivity index (χ0n) is 13.3. The predicted octanol–water partition coefficient (Wildman–Crippen LogP) is 5.33. The summed E-state index contributed by atoms with van der Waals surface area (Å²) in [6.07, 6.45) is 10.3. The topological polar surface area (TPSA) is 54.5 Å². The van der Waals surface area contributed by atoms with Gasteiger partial charge in [-0.05, 0) is 0 Å². The zero-order chi connectivity index (χ0) is 17.1. The van der Waals surface area contributed by atoms with Crippen LogP contribution in [0.5, 0.6) is 0 Å². The van der Waals surface area contributed by atoms with Crippen molar-refractivity contribution in [1.82, 2.24) is 0 Å². The minimum absolute atomic E-state index is 0.237. The van der Waals surface area contributed by atoms with E-state index in [1.807, 2.05) is 0 Å². The first kappa shape index (κ1) is 21.4. The normalized spacial score (nSPS) is 20.7. The number of nitrogens with zero attached hydrogens (tertiary/aromatic N) is 2. The first-order chi connectivity index (χ1) is 10.9. The quantitative estimate of drug-likeness (QED) is 0.388. The van der Waals surface area contributed by atoms with E-state index in [0.717, 1.165) is 13.1 Å². The van der Waals surface area contributed by atoms with Crippen LogP contribution in [-0.2, 0) is 9.53 Å². The summed E-state index contributed by atoms with van der Waals surface area (Å²) >= 11 is -3.29. The van der Waals surface area contributed by atoms with Crippen molar-refractivity contribution in [1.29, 1.82) is 0 Å². The molecule has 2 heterocycles. The van der Waals surface area contributed by atoms with Crippen LogP contribution in [0.3, 0.4) is 0 Å². The Bertz CT molecular complexity index is 419. The number of allylic oxidation sites excluding steroid dienone is 2. The number of halogens is 3. The second kappa shape index (κ2) is 11.9. The number of carbonyl (C=O) groups is 1. The molecule has 0 bridgehead atoms. The molecule has 2 aliphatic heterocycles. The van der Waals surface area contributed by atoms with Crippen molar-refractivity contribution in [3.05, 3.63) is 34.6 Å². The number of carbonyl (C=O) groups excluding carboxylic acids is 1. The van der Waals surface area contributed by atoms with Crippen molar-refractivity contribution in [2.24, 2.45) is 0 Å². The molecule has 0 aromatic carbocycles. The number of ether oxygens (including phenoxy) is 1. The number of esters is 1. The number of hydrogen-bond acceptors (Lipinski definition) is 2. The summed E-state index contributed by atoms with van der Waals surface area (Å²) < 4.78 is 5.06. The van der Waals surface area contributed by atoms with Gasteiger partial charge in [-0.2, -0.15) is 5.70 Å². The van der Waals surface area contributed by atoms with E-state index in [1.54, 1.807) is 6.92 Å². The van der Waals surface area contributed by atoms with E-state index in [0.29, 0.717) is 17.1 Å². The van der Waals surface area contributed by atoms with Crippen molar-refractivity contribution in [2.45, 2.75) is 43.1 Å². The Labute approximate surface area is 154 Å². The molecule has 0 aromatic heterocycles. The Morgan fingerprint density at radius 3 is 2.70 bits per heavy atom.